The highest BCUT2D eigenvalue weighted by Gasteiger charge is 2.28. The quantitative estimate of drug-likeness (QED) is 0.0864. The molecule has 0 saturated heterocycles. The Balaban J connectivity index is 0.00000648. The fraction of sp³-hybridized carbons (Fsp3) is 0.491. The average Bonchev–Trinajstić information content (AvgIpc) is 3.33. The van der Waals surface area contributed by atoms with Crippen molar-refractivity contribution in [1.29, 1.82) is 0 Å². The van der Waals surface area contributed by atoms with Gasteiger partial charge in [-0.3, -0.25) is 19.2 Å². The van der Waals surface area contributed by atoms with Crippen LogP contribution in [-0.2, 0) is 25.6 Å². The topological polar surface area (TPSA) is 195 Å². The minimum Gasteiger partial charge on any atom is -0.493 e. The molecule has 4 aromatic rings. The van der Waals surface area contributed by atoms with Gasteiger partial charge in [-0.1, -0.05) is 78.2 Å². The lowest BCUT2D eigenvalue weighted by Gasteiger charge is -2.24. The molecule has 0 aromatic heterocycles. The molecular weight excluding hydrogens is 997 g/mol. The Morgan fingerprint density at radius 1 is 0.514 bits per heavy atom. The third kappa shape index (κ3) is 19.9. The Morgan fingerprint density at radius 2 is 0.875 bits per heavy atom. The first kappa shape index (κ1) is 65.8. The molecule has 0 fully saturated rings. The van der Waals surface area contributed by atoms with Crippen LogP contribution in [0.25, 0.3) is 0 Å². The Hall–Kier alpha value is -4.20. The second-order valence-corrected chi connectivity index (χ2v) is 21.4. The molecule has 400 valence electrons. The lowest BCUT2D eigenvalue weighted by atomic mass is 9.99. The van der Waals surface area contributed by atoms with Crippen LogP contribution in [-0.4, -0.2) is 120 Å². The predicted molar refractivity (Wildman–Crippen MR) is 298 cm³/mol. The molecule has 0 aliphatic carbocycles. The minimum atomic E-state index is -1.21. The van der Waals surface area contributed by atoms with Gasteiger partial charge in [-0.15, -0.1) is 0 Å². The molecule has 3 heterocycles. The van der Waals surface area contributed by atoms with E-state index < -0.39 is 40.9 Å². The van der Waals surface area contributed by atoms with E-state index in [0.717, 1.165) is 22.3 Å². The van der Waals surface area contributed by atoms with Gasteiger partial charge in [0.05, 0.1) is 59.3 Å². The molecular formula is C55H78O13S4. The van der Waals surface area contributed by atoms with Crippen molar-refractivity contribution < 1.29 is 63.3 Å². The van der Waals surface area contributed by atoms with Crippen molar-refractivity contribution in [2.75, 3.05) is 51.5 Å². The third-order valence-corrected chi connectivity index (χ3v) is 16.8. The van der Waals surface area contributed by atoms with E-state index in [4.69, 9.17) is 23.7 Å². The van der Waals surface area contributed by atoms with Crippen LogP contribution < -0.4 is 23.7 Å². The van der Waals surface area contributed by atoms with Crippen molar-refractivity contribution in [3.63, 3.8) is 0 Å². The third-order valence-electron chi connectivity index (χ3n) is 11.3. The summed E-state index contributed by atoms with van der Waals surface area (Å²) in [6.07, 6.45) is -4.19. The Bertz CT molecular complexity index is 2120. The van der Waals surface area contributed by atoms with Gasteiger partial charge in [-0.25, -0.2) is 0 Å². The number of carbonyl (C=O) groups is 4. The molecule has 0 radical (unpaired) electrons. The van der Waals surface area contributed by atoms with Crippen molar-refractivity contribution in [2.45, 2.75) is 121 Å². The predicted octanol–water partition coefficient (Wildman–Crippen LogP) is 10.7. The molecule has 17 heteroatoms. The van der Waals surface area contributed by atoms with E-state index in [1.807, 2.05) is 30.3 Å². The number of carbonyl (C=O) groups excluding carboxylic acids is 4. The van der Waals surface area contributed by atoms with Crippen LogP contribution in [0.1, 0.15) is 118 Å². The molecule has 4 aromatic carbocycles. The summed E-state index contributed by atoms with van der Waals surface area (Å²) in [5.41, 5.74) is 3.85. The number of rotatable bonds is 10. The van der Waals surface area contributed by atoms with Crippen molar-refractivity contribution in [1.82, 2.24) is 0 Å². The summed E-state index contributed by atoms with van der Waals surface area (Å²) in [4.78, 5) is 52.2. The summed E-state index contributed by atoms with van der Waals surface area (Å²) in [5.74, 6) is 1.90. The van der Waals surface area contributed by atoms with E-state index in [-0.39, 0.29) is 118 Å². The first-order valence-corrected chi connectivity index (χ1v) is 26.3. The zero-order valence-electron chi connectivity index (χ0n) is 39.2. The van der Waals surface area contributed by atoms with Gasteiger partial charge in [-0.05, 0) is 78.1 Å². The van der Waals surface area contributed by atoms with E-state index in [9.17, 15) is 39.6 Å². The normalized spacial score (nSPS) is 22.8. The van der Waals surface area contributed by atoms with Crippen molar-refractivity contribution in [3.8, 4) is 28.7 Å². The number of methoxy groups -OCH3 is 4. The summed E-state index contributed by atoms with van der Waals surface area (Å²) in [5, 5.41) is 43.3. The first-order chi connectivity index (χ1) is 32.6. The largest absolute Gasteiger partial charge is 0.493 e. The Kier molecular flexibility index (Phi) is 30.0. The fourth-order valence-corrected chi connectivity index (χ4v) is 12.7. The van der Waals surface area contributed by atoms with Crippen LogP contribution in [0.5, 0.6) is 28.7 Å². The van der Waals surface area contributed by atoms with Gasteiger partial charge in [0, 0.05) is 69.7 Å². The molecule has 3 aliphatic rings. The zero-order valence-corrected chi connectivity index (χ0v) is 42.4. The van der Waals surface area contributed by atoms with Crippen molar-refractivity contribution >= 4 is 70.4 Å². The van der Waals surface area contributed by atoms with E-state index in [1.54, 1.807) is 54.6 Å². The van der Waals surface area contributed by atoms with Crippen LogP contribution in [0.4, 0.5) is 0 Å². The highest BCUT2D eigenvalue weighted by Crippen LogP contribution is 2.42. The van der Waals surface area contributed by atoms with E-state index >= 15 is 0 Å². The minimum absolute atomic E-state index is 0. The van der Waals surface area contributed by atoms with E-state index in [0.29, 0.717) is 28.6 Å². The van der Waals surface area contributed by atoms with Crippen molar-refractivity contribution in [2.24, 2.45) is 0 Å². The van der Waals surface area contributed by atoms with Crippen LogP contribution in [0, 0.1) is 0 Å². The zero-order chi connectivity index (χ0) is 49.3. The number of esters is 1. The molecule has 13 nitrogen and oxygen atoms in total. The van der Waals surface area contributed by atoms with E-state index in [1.165, 1.54) is 89.3 Å². The second-order valence-electron chi connectivity index (χ2n) is 16.5. The molecule has 7 rings (SSSR count). The lowest BCUT2D eigenvalue weighted by Crippen LogP contribution is -2.31. The molecule has 4 N–H and O–H groups in total. The average molecular weight is 1080 g/mol. The van der Waals surface area contributed by atoms with Gasteiger partial charge >= 0.3 is 5.97 Å². The number of hydrogen-bond acceptors (Lipinski definition) is 17. The van der Waals surface area contributed by atoms with Crippen molar-refractivity contribution in [3.05, 3.63) is 113 Å². The second kappa shape index (κ2) is 32.9. The maximum absolute atomic E-state index is 13.8. The van der Waals surface area contributed by atoms with Gasteiger partial charge < -0.3 is 44.1 Å². The maximum atomic E-state index is 13.8. The SMILES string of the molecule is C.C.C.C.COc1ccc(C2CC(=O)Cc3ccc(cc3)C(CC(C)=O)SCC(O)C(O)CSC(CC(C)=O)c3ccc(cc3)OC(=O)CC(c3ccc(OC)c(OC)c3)SCC(O)C(O)CS2)cc1OC. The number of thioether (sulfide) groups is 4. The Morgan fingerprint density at radius 3 is 1.26 bits per heavy atom. The number of ketones is 3. The van der Waals surface area contributed by atoms with Gasteiger partial charge in [0.1, 0.15) is 23.1 Å². The highest BCUT2D eigenvalue weighted by molar-refractivity contribution is 8.00. The Labute approximate surface area is 445 Å². The molecule has 3 aliphatic heterocycles. The first-order valence-electron chi connectivity index (χ1n) is 22.1. The number of hydrogen-bond donors (Lipinski definition) is 4. The molecule has 0 spiro atoms. The van der Waals surface area contributed by atoms with Crippen LogP contribution in [0.15, 0.2) is 84.9 Å². The number of aliphatic hydroxyl groups excluding tert-OH is 4. The molecule has 72 heavy (non-hydrogen) atoms. The van der Waals surface area contributed by atoms with Gasteiger partial charge in [0.2, 0.25) is 0 Å². The van der Waals surface area contributed by atoms with Crippen LogP contribution in [0.3, 0.4) is 0 Å². The van der Waals surface area contributed by atoms with E-state index in [2.05, 4.69) is 0 Å². The highest BCUT2D eigenvalue weighted by atomic mass is 32.2. The smallest absolute Gasteiger partial charge is 0.312 e. The lowest BCUT2D eigenvalue weighted by molar-refractivity contribution is -0.134. The summed E-state index contributed by atoms with van der Waals surface area (Å²) < 4.78 is 27.8. The molecule has 0 amide bonds. The number of fused-ring (bicyclic) bond motifs is 2. The maximum Gasteiger partial charge on any atom is 0.312 e. The summed E-state index contributed by atoms with van der Waals surface area (Å²) in [6.45, 7) is 2.99. The summed E-state index contributed by atoms with van der Waals surface area (Å²) in [7, 11) is 6.09. The molecule has 8 atom stereocenters. The van der Waals surface area contributed by atoms with Gasteiger partial charge in [-0.2, -0.15) is 47.0 Å². The number of benzene rings is 4. The summed E-state index contributed by atoms with van der Waals surface area (Å²) >= 11 is 5.31. The molecule has 8 unspecified atom stereocenters. The van der Waals surface area contributed by atoms with Crippen LogP contribution >= 0.6 is 47.0 Å². The standard InChI is InChI=1S/C51H62O13S4.4CH4/c1-30(52)19-47-33-9-7-32(8-10-33)21-37(54)24-49(35-13-17-43(60-3)45(22-35)62-5)67-28-41(57)42(58)29-68-50(36-14-18-44(61-4)46(23-36)63-6)25-51(59)64-38-15-11-34(12-16-38)48(20-31(2)53)66-27-40(56)39(55)26-65-47;;;;/h7-18,22-23,39-42,47-50,55-58H,19-21,24-29H2,1-6H3;4*1H4. The number of Topliss-reactive ketones (excluding diaryl/α,β-unsaturated/α-hetero) is 3. The number of aliphatic hydroxyl groups is 4. The monoisotopic (exact) mass is 1070 g/mol. The number of ether oxygens (including phenoxy) is 5. The summed E-state index contributed by atoms with van der Waals surface area (Å²) in [6, 6.07) is 25.0. The van der Waals surface area contributed by atoms with Crippen LogP contribution in [0.2, 0.25) is 0 Å². The molecule has 0 saturated carbocycles. The van der Waals surface area contributed by atoms with Gasteiger partial charge in [0.25, 0.3) is 0 Å². The van der Waals surface area contributed by atoms with Gasteiger partial charge in [0.15, 0.2) is 23.0 Å². The fourth-order valence-electron chi connectivity index (χ4n) is 7.46. The molecule has 4 bridgehead atoms.